The monoisotopic (exact) mass is 307 g/mol. The van der Waals surface area contributed by atoms with Crippen LogP contribution in [0.25, 0.3) is 6.08 Å². The molecule has 1 saturated heterocycles. The van der Waals surface area contributed by atoms with Gasteiger partial charge in [0, 0.05) is 24.2 Å². The van der Waals surface area contributed by atoms with Crippen molar-refractivity contribution in [3.63, 3.8) is 0 Å². The van der Waals surface area contributed by atoms with Crippen molar-refractivity contribution in [2.45, 2.75) is 19.8 Å². The molecule has 2 heteroatoms. The van der Waals surface area contributed by atoms with Crippen LogP contribution in [0.1, 0.15) is 25.3 Å². The smallest absolute Gasteiger partial charge is 0.119 e. The second-order valence-electron chi connectivity index (χ2n) is 6.33. The zero-order valence-corrected chi connectivity index (χ0v) is 14.0. The molecule has 1 fully saturated rings. The number of benzene rings is 2. The van der Waals surface area contributed by atoms with Gasteiger partial charge >= 0.3 is 0 Å². The molecule has 0 amide bonds. The molecule has 0 N–H and O–H groups in total. The molecule has 0 bridgehead atoms. The van der Waals surface area contributed by atoms with E-state index >= 15 is 0 Å². The summed E-state index contributed by atoms with van der Waals surface area (Å²) in [6.07, 6.45) is 7.08. The lowest BCUT2D eigenvalue weighted by Gasteiger charge is -2.25. The summed E-state index contributed by atoms with van der Waals surface area (Å²) in [7, 11) is 1.71. The van der Waals surface area contributed by atoms with Crippen molar-refractivity contribution >= 4 is 11.8 Å². The fourth-order valence-corrected chi connectivity index (χ4v) is 3.29. The number of anilines is 1. The maximum atomic E-state index is 5.25. The van der Waals surface area contributed by atoms with Gasteiger partial charge in [0.15, 0.2) is 0 Å². The fraction of sp³-hybridized carbons (Fsp3) is 0.333. The van der Waals surface area contributed by atoms with Crippen molar-refractivity contribution < 1.29 is 4.74 Å². The number of rotatable bonds is 5. The zero-order chi connectivity index (χ0) is 16.1. The SMILES string of the molecule is CC[C@@]1(/C=C/c2ccccc2)CCN(c2ccc(OC)cc2)C1. The predicted octanol–water partition coefficient (Wildman–Crippen LogP) is 5.02. The molecule has 3 rings (SSSR count). The molecule has 0 radical (unpaired) electrons. The van der Waals surface area contributed by atoms with Crippen LogP contribution in [0, 0.1) is 5.41 Å². The van der Waals surface area contributed by atoms with Crippen LogP contribution in [0.5, 0.6) is 5.75 Å². The van der Waals surface area contributed by atoms with E-state index in [-0.39, 0.29) is 5.41 Å². The minimum Gasteiger partial charge on any atom is -0.497 e. The second kappa shape index (κ2) is 6.91. The van der Waals surface area contributed by atoms with E-state index in [2.05, 4.69) is 66.4 Å². The Morgan fingerprint density at radius 2 is 1.83 bits per heavy atom. The van der Waals surface area contributed by atoms with Crippen LogP contribution in [-0.4, -0.2) is 20.2 Å². The summed E-state index contributed by atoms with van der Waals surface area (Å²) >= 11 is 0. The topological polar surface area (TPSA) is 12.5 Å². The average Bonchev–Trinajstić information content (AvgIpc) is 3.06. The number of ether oxygens (including phenoxy) is 1. The van der Waals surface area contributed by atoms with E-state index < -0.39 is 0 Å². The maximum Gasteiger partial charge on any atom is 0.119 e. The number of methoxy groups -OCH3 is 1. The van der Waals surface area contributed by atoms with Gasteiger partial charge in [0.1, 0.15) is 5.75 Å². The Kier molecular flexibility index (Phi) is 4.71. The second-order valence-corrected chi connectivity index (χ2v) is 6.33. The van der Waals surface area contributed by atoms with Crippen LogP contribution in [0.3, 0.4) is 0 Å². The maximum absolute atomic E-state index is 5.25. The van der Waals surface area contributed by atoms with E-state index in [4.69, 9.17) is 4.74 Å². The number of hydrogen-bond acceptors (Lipinski definition) is 2. The molecule has 1 aliphatic heterocycles. The summed E-state index contributed by atoms with van der Waals surface area (Å²) in [5, 5.41) is 0. The van der Waals surface area contributed by atoms with Gasteiger partial charge in [-0.3, -0.25) is 0 Å². The van der Waals surface area contributed by atoms with Crippen LogP contribution in [0.4, 0.5) is 5.69 Å². The highest BCUT2D eigenvalue weighted by molar-refractivity contribution is 5.53. The minimum atomic E-state index is 0.274. The Balaban J connectivity index is 1.73. The molecule has 2 aromatic rings. The van der Waals surface area contributed by atoms with E-state index in [1.54, 1.807) is 7.11 Å². The largest absolute Gasteiger partial charge is 0.497 e. The summed E-state index contributed by atoms with van der Waals surface area (Å²) in [6, 6.07) is 19.0. The Morgan fingerprint density at radius 3 is 2.48 bits per heavy atom. The van der Waals surface area contributed by atoms with Crippen LogP contribution in [0.15, 0.2) is 60.7 Å². The Hall–Kier alpha value is -2.22. The summed E-state index contributed by atoms with van der Waals surface area (Å²) in [5.41, 5.74) is 2.84. The lowest BCUT2D eigenvalue weighted by atomic mass is 9.83. The molecule has 2 aromatic carbocycles. The Bertz CT molecular complexity index is 647. The predicted molar refractivity (Wildman–Crippen MR) is 98.0 cm³/mol. The summed E-state index contributed by atoms with van der Waals surface area (Å²) in [6.45, 7) is 4.49. The summed E-state index contributed by atoms with van der Waals surface area (Å²) in [4.78, 5) is 2.48. The first-order chi connectivity index (χ1) is 11.2. The molecule has 120 valence electrons. The molecule has 0 aliphatic carbocycles. The molecule has 1 aliphatic rings. The van der Waals surface area contributed by atoms with Crippen LogP contribution in [0.2, 0.25) is 0 Å². The minimum absolute atomic E-state index is 0.274. The first kappa shape index (κ1) is 15.7. The normalized spacial score (nSPS) is 21.0. The molecular formula is C21H25NO. The fourth-order valence-electron chi connectivity index (χ4n) is 3.29. The Morgan fingerprint density at radius 1 is 1.09 bits per heavy atom. The highest BCUT2D eigenvalue weighted by Crippen LogP contribution is 2.38. The molecular weight excluding hydrogens is 282 g/mol. The Labute approximate surface area is 139 Å². The van der Waals surface area contributed by atoms with Crippen LogP contribution in [-0.2, 0) is 0 Å². The molecule has 0 unspecified atom stereocenters. The van der Waals surface area contributed by atoms with Crippen molar-refractivity contribution in [3.8, 4) is 5.75 Å². The first-order valence-corrected chi connectivity index (χ1v) is 8.38. The van der Waals surface area contributed by atoms with Gasteiger partial charge < -0.3 is 9.64 Å². The van der Waals surface area contributed by atoms with Gasteiger partial charge in [-0.2, -0.15) is 0 Å². The molecule has 0 spiro atoms. The van der Waals surface area contributed by atoms with Crippen LogP contribution >= 0.6 is 0 Å². The van der Waals surface area contributed by atoms with Gasteiger partial charge in [0.05, 0.1) is 7.11 Å². The van der Waals surface area contributed by atoms with Crippen molar-refractivity contribution in [2.24, 2.45) is 5.41 Å². The van der Waals surface area contributed by atoms with Crippen molar-refractivity contribution in [3.05, 3.63) is 66.2 Å². The molecule has 0 saturated carbocycles. The van der Waals surface area contributed by atoms with Gasteiger partial charge in [0.25, 0.3) is 0 Å². The van der Waals surface area contributed by atoms with Gasteiger partial charge in [-0.05, 0) is 42.7 Å². The van der Waals surface area contributed by atoms with Gasteiger partial charge in [-0.25, -0.2) is 0 Å². The van der Waals surface area contributed by atoms with Crippen molar-refractivity contribution in [1.82, 2.24) is 0 Å². The number of nitrogens with zero attached hydrogens (tertiary/aromatic N) is 1. The zero-order valence-electron chi connectivity index (χ0n) is 14.0. The highest BCUT2D eigenvalue weighted by Gasteiger charge is 2.34. The first-order valence-electron chi connectivity index (χ1n) is 8.38. The van der Waals surface area contributed by atoms with E-state index in [0.29, 0.717) is 0 Å². The lowest BCUT2D eigenvalue weighted by molar-refractivity contribution is 0.414. The summed E-state index contributed by atoms with van der Waals surface area (Å²) in [5.74, 6) is 0.915. The number of hydrogen-bond donors (Lipinski definition) is 0. The molecule has 1 heterocycles. The van der Waals surface area contributed by atoms with E-state index in [9.17, 15) is 0 Å². The van der Waals surface area contributed by atoms with Crippen molar-refractivity contribution in [1.29, 1.82) is 0 Å². The van der Waals surface area contributed by atoms with Gasteiger partial charge in [0.2, 0.25) is 0 Å². The molecule has 23 heavy (non-hydrogen) atoms. The molecule has 0 aromatic heterocycles. The van der Waals surface area contributed by atoms with E-state index in [1.165, 1.54) is 24.1 Å². The third-order valence-corrected chi connectivity index (χ3v) is 4.96. The molecule has 1 atom stereocenters. The van der Waals surface area contributed by atoms with Crippen molar-refractivity contribution in [2.75, 3.05) is 25.1 Å². The lowest BCUT2D eigenvalue weighted by Crippen LogP contribution is -2.25. The third-order valence-electron chi connectivity index (χ3n) is 4.96. The standard InChI is InChI=1S/C21H25NO/c1-3-21(14-13-18-7-5-4-6-8-18)15-16-22(17-21)19-9-11-20(23-2)12-10-19/h4-14H,3,15-17H2,1-2H3/b14-13+/t21-/m1/s1. The third kappa shape index (κ3) is 3.58. The van der Waals surface area contributed by atoms with E-state index in [0.717, 1.165) is 18.8 Å². The van der Waals surface area contributed by atoms with Gasteiger partial charge in [-0.1, -0.05) is 49.4 Å². The average molecular weight is 307 g/mol. The molecule has 2 nitrogen and oxygen atoms in total. The quantitative estimate of drug-likeness (QED) is 0.769. The van der Waals surface area contributed by atoms with E-state index in [1.807, 2.05) is 12.1 Å². The highest BCUT2D eigenvalue weighted by atomic mass is 16.5. The van der Waals surface area contributed by atoms with Crippen LogP contribution < -0.4 is 9.64 Å². The van der Waals surface area contributed by atoms with Gasteiger partial charge in [-0.15, -0.1) is 0 Å². The summed E-state index contributed by atoms with van der Waals surface area (Å²) < 4.78 is 5.25.